The van der Waals surface area contributed by atoms with Gasteiger partial charge in [-0.3, -0.25) is 4.79 Å². The molecule has 6 nitrogen and oxygen atoms in total. The number of hydrogen-bond acceptors (Lipinski definition) is 6. The molecule has 2 aromatic heterocycles. The van der Waals surface area contributed by atoms with Crippen molar-refractivity contribution >= 4 is 52.2 Å². The number of aliphatic hydroxyl groups is 1. The Hall–Kier alpha value is -2.57. The third kappa shape index (κ3) is 6.75. The van der Waals surface area contributed by atoms with Crippen LogP contribution in [-0.2, 0) is 6.18 Å². The monoisotopic (exact) mass is 642 g/mol. The third-order valence-electron chi connectivity index (χ3n) is 6.04. The molecule has 0 saturated carbocycles. The summed E-state index contributed by atoms with van der Waals surface area (Å²) in [6.45, 7) is 7.01. The third-order valence-corrected chi connectivity index (χ3v) is 9.02. The molecule has 41 heavy (non-hydrogen) atoms. The largest absolute Gasteiger partial charge is 0.416 e. The van der Waals surface area contributed by atoms with E-state index in [2.05, 4.69) is 5.10 Å². The molecule has 0 saturated heterocycles. The van der Waals surface area contributed by atoms with E-state index in [1.165, 1.54) is 28.0 Å². The highest BCUT2D eigenvalue weighted by atomic mass is 35.5. The highest BCUT2D eigenvalue weighted by Gasteiger charge is 2.33. The predicted octanol–water partition coefficient (Wildman–Crippen LogP) is 8.17. The Kier molecular flexibility index (Phi) is 9.45. The number of halogens is 5. The molecule has 0 fully saturated rings. The van der Waals surface area contributed by atoms with Crippen molar-refractivity contribution in [3.05, 3.63) is 69.0 Å². The fourth-order valence-electron chi connectivity index (χ4n) is 4.24. The maximum absolute atomic E-state index is 13.8. The Morgan fingerprint density at radius 3 is 2.44 bits per heavy atom. The highest BCUT2D eigenvalue weighted by molar-refractivity contribution is 8.01. The zero-order chi connectivity index (χ0) is 30.2. The molecule has 0 aliphatic carbocycles. The number of likely N-dealkylation sites (N-methyl/N-ethyl adjacent to an activating group) is 1. The molecule has 2 aromatic carbocycles. The average Bonchev–Trinajstić information content (AvgIpc) is 3.44. The van der Waals surface area contributed by atoms with E-state index in [1.54, 1.807) is 49.9 Å². The molecule has 0 bridgehead atoms. The van der Waals surface area contributed by atoms with Gasteiger partial charge in [-0.05, 0) is 49.2 Å². The molecular formula is C28H27Cl2F3N4O2S2. The molecule has 0 aliphatic rings. The molecule has 0 spiro atoms. The second kappa shape index (κ2) is 12.3. The van der Waals surface area contributed by atoms with E-state index in [1.807, 2.05) is 13.8 Å². The fourth-order valence-corrected chi connectivity index (χ4v) is 7.01. The topological polar surface area (TPSA) is 71.2 Å². The van der Waals surface area contributed by atoms with Gasteiger partial charge in [-0.2, -0.15) is 23.0 Å². The summed E-state index contributed by atoms with van der Waals surface area (Å²) in [6.07, 6.45) is -4.57. The van der Waals surface area contributed by atoms with E-state index in [0.29, 0.717) is 37.7 Å². The van der Waals surface area contributed by atoms with E-state index in [0.717, 1.165) is 16.3 Å². The van der Waals surface area contributed by atoms with Crippen LogP contribution in [-0.4, -0.2) is 56.1 Å². The van der Waals surface area contributed by atoms with Gasteiger partial charge >= 0.3 is 6.18 Å². The van der Waals surface area contributed by atoms with Gasteiger partial charge in [-0.1, -0.05) is 60.5 Å². The molecule has 0 atom stereocenters. The molecule has 1 N–H and O–H groups in total. The Morgan fingerprint density at radius 1 is 1.12 bits per heavy atom. The summed E-state index contributed by atoms with van der Waals surface area (Å²) in [5.41, 5.74) is 1.77. The van der Waals surface area contributed by atoms with Crippen molar-refractivity contribution < 1.29 is 23.1 Å². The van der Waals surface area contributed by atoms with E-state index in [4.69, 9.17) is 28.2 Å². The van der Waals surface area contributed by atoms with Gasteiger partial charge in [-0.15, -0.1) is 11.8 Å². The molecule has 218 valence electrons. The summed E-state index contributed by atoms with van der Waals surface area (Å²) >= 11 is 15.3. The number of aliphatic hydroxyl groups excluding tert-OH is 1. The predicted molar refractivity (Wildman–Crippen MR) is 160 cm³/mol. The van der Waals surface area contributed by atoms with E-state index >= 15 is 0 Å². The lowest BCUT2D eigenvalue weighted by Crippen LogP contribution is -2.31. The summed E-state index contributed by atoms with van der Waals surface area (Å²) in [4.78, 5) is 19.9. The molecule has 0 aliphatic heterocycles. The van der Waals surface area contributed by atoms with Crippen LogP contribution in [0, 0.1) is 13.8 Å². The number of aryl methyl sites for hydroxylation is 2. The molecular weight excluding hydrogens is 616 g/mol. The number of amides is 1. The number of carbonyl (C=O) groups is 1. The van der Waals surface area contributed by atoms with Crippen molar-refractivity contribution in [1.82, 2.24) is 19.7 Å². The fraction of sp³-hybridized carbons (Fsp3) is 0.321. The molecule has 4 aromatic rings. The van der Waals surface area contributed by atoms with Gasteiger partial charge in [0.2, 0.25) is 5.13 Å². The van der Waals surface area contributed by atoms with Gasteiger partial charge in [0.05, 0.1) is 37.8 Å². The van der Waals surface area contributed by atoms with Gasteiger partial charge in [0.15, 0.2) is 0 Å². The van der Waals surface area contributed by atoms with Crippen molar-refractivity contribution in [1.29, 1.82) is 0 Å². The highest BCUT2D eigenvalue weighted by Crippen LogP contribution is 2.42. The second-order valence-corrected chi connectivity index (χ2v) is 13.3. The maximum Gasteiger partial charge on any atom is 0.416 e. The van der Waals surface area contributed by atoms with Crippen molar-refractivity contribution in [3.8, 4) is 27.5 Å². The van der Waals surface area contributed by atoms with Gasteiger partial charge in [0, 0.05) is 30.0 Å². The first-order chi connectivity index (χ1) is 19.2. The number of hydrogen-bond donors (Lipinski definition) is 1. The average molecular weight is 644 g/mol. The smallest absolute Gasteiger partial charge is 0.395 e. The minimum Gasteiger partial charge on any atom is -0.395 e. The van der Waals surface area contributed by atoms with Crippen LogP contribution in [0.2, 0.25) is 10.0 Å². The Bertz CT molecular complexity index is 1600. The number of thiazole rings is 1. The number of alkyl halides is 3. The quantitative estimate of drug-likeness (QED) is 0.196. The summed E-state index contributed by atoms with van der Waals surface area (Å²) < 4.78 is 43.4. The zero-order valence-corrected chi connectivity index (χ0v) is 26.0. The number of aromatic nitrogens is 3. The zero-order valence-electron chi connectivity index (χ0n) is 22.8. The van der Waals surface area contributed by atoms with Crippen molar-refractivity contribution in [2.75, 3.05) is 20.2 Å². The van der Waals surface area contributed by atoms with Crippen molar-refractivity contribution in [2.24, 2.45) is 0 Å². The van der Waals surface area contributed by atoms with E-state index < -0.39 is 17.6 Å². The molecule has 1 amide bonds. The molecule has 2 heterocycles. The van der Waals surface area contributed by atoms with Gasteiger partial charge in [-0.25, -0.2) is 4.98 Å². The van der Waals surface area contributed by atoms with Crippen LogP contribution >= 0.6 is 46.3 Å². The van der Waals surface area contributed by atoms with Crippen molar-refractivity contribution in [3.63, 3.8) is 0 Å². The van der Waals surface area contributed by atoms with Crippen LogP contribution in [0.25, 0.3) is 27.5 Å². The summed E-state index contributed by atoms with van der Waals surface area (Å²) in [7, 11) is 1.51. The summed E-state index contributed by atoms with van der Waals surface area (Å²) in [6, 6.07) is 8.85. The number of benzene rings is 2. The van der Waals surface area contributed by atoms with Gasteiger partial charge in [0.25, 0.3) is 5.91 Å². The van der Waals surface area contributed by atoms with E-state index in [-0.39, 0.29) is 35.2 Å². The first kappa shape index (κ1) is 31.4. The Morgan fingerprint density at radius 2 is 1.83 bits per heavy atom. The second-order valence-electron chi connectivity index (χ2n) is 9.68. The van der Waals surface area contributed by atoms with Crippen molar-refractivity contribution in [2.45, 2.75) is 43.3 Å². The normalized spacial score (nSPS) is 11.9. The van der Waals surface area contributed by atoms with Crippen LogP contribution in [0.1, 0.15) is 41.2 Å². The first-order valence-corrected chi connectivity index (χ1v) is 14.9. The Labute approximate surface area is 254 Å². The summed E-state index contributed by atoms with van der Waals surface area (Å²) in [5.74, 6) is -0.519. The summed E-state index contributed by atoms with van der Waals surface area (Å²) in [5, 5.41) is 15.4. The molecule has 0 radical (unpaired) electrons. The number of rotatable bonds is 8. The Balaban J connectivity index is 1.99. The maximum atomic E-state index is 13.8. The van der Waals surface area contributed by atoms with Crippen LogP contribution in [0.15, 0.2) is 40.6 Å². The molecule has 4 rings (SSSR count). The number of nitrogens with zero attached hydrogens (tertiary/aromatic N) is 4. The van der Waals surface area contributed by atoms with Gasteiger partial charge < -0.3 is 10.0 Å². The van der Waals surface area contributed by atoms with Crippen LogP contribution in [0.3, 0.4) is 0 Å². The lowest BCUT2D eigenvalue weighted by molar-refractivity contribution is -0.137. The van der Waals surface area contributed by atoms with Gasteiger partial charge in [0.1, 0.15) is 5.69 Å². The lowest BCUT2D eigenvalue weighted by Gasteiger charge is -2.18. The lowest BCUT2D eigenvalue weighted by atomic mass is 9.98. The van der Waals surface area contributed by atoms with Crippen LogP contribution in [0.4, 0.5) is 13.2 Å². The number of thioether (sulfide) groups is 1. The van der Waals surface area contributed by atoms with E-state index in [9.17, 15) is 23.1 Å². The first-order valence-electron chi connectivity index (χ1n) is 12.5. The minimum atomic E-state index is -4.57. The SMILES string of the molecule is Cc1cc(-c2c(C)nn(-c3nc(-c4ccc(Cl)c(Cl)c4)c(SC(C)C)s3)c2C(=O)N(C)CCO)cc(C(F)(F)F)c1. The minimum absolute atomic E-state index is 0.0188. The number of carbonyl (C=O) groups excluding carboxylic acids is 1. The van der Waals surface area contributed by atoms with Crippen LogP contribution in [0.5, 0.6) is 0 Å². The molecule has 13 heteroatoms. The van der Waals surface area contributed by atoms with Crippen LogP contribution < -0.4 is 0 Å². The molecule has 0 unspecified atom stereocenters. The standard InChI is InChI=1S/C28H27Cl2F3N4O2S2/c1-14(2)40-26-23(17-6-7-20(29)21(30)13-17)34-27(41-26)37-24(25(39)36(5)8-9-38)22(16(4)35-37)18-10-15(3)11-19(12-18)28(31,32)33/h6-7,10-14,38H,8-9H2,1-5H3.